The standard InChI is InChI=1S/C32H48N6O5S2Si/c1-22(2)43-32(39)36-25-10-8-24(9-11-25)30-33-20-28(44-30)27-13-12-26(18-29(27)45(40,41)37-14-7-15-37)35-31-34-19-23(3)38(31)21-42-16-17-46(4,5)6/h12-13,18-20,22,24-25H,7-11,14-17,21H2,1-6H3,(H,34,35)(H,36,39). The number of carbonyl (C=O) groups is 1. The molecule has 46 heavy (non-hydrogen) atoms. The van der Waals surface area contributed by atoms with E-state index in [4.69, 9.17) is 14.5 Å². The predicted octanol–water partition coefficient (Wildman–Crippen LogP) is 6.93. The molecule has 1 amide bonds. The van der Waals surface area contributed by atoms with E-state index in [1.165, 1.54) is 4.31 Å². The number of nitrogens with zero attached hydrogens (tertiary/aromatic N) is 4. The highest BCUT2D eigenvalue weighted by molar-refractivity contribution is 7.89. The minimum atomic E-state index is -3.70. The molecule has 252 valence electrons. The number of carbonyl (C=O) groups excluding carboxylic acids is 1. The molecular formula is C32H48N6O5S2Si. The van der Waals surface area contributed by atoms with Gasteiger partial charge in [-0.3, -0.25) is 4.57 Å². The van der Waals surface area contributed by atoms with E-state index in [1.54, 1.807) is 29.8 Å². The van der Waals surface area contributed by atoms with Crippen molar-refractivity contribution in [3.05, 3.63) is 41.3 Å². The van der Waals surface area contributed by atoms with Crippen molar-refractivity contribution in [1.29, 1.82) is 0 Å². The maximum atomic E-state index is 13.8. The van der Waals surface area contributed by atoms with Crippen LogP contribution in [0.15, 0.2) is 35.5 Å². The van der Waals surface area contributed by atoms with Gasteiger partial charge in [0.05, 0.1) is 27.1 Å². The highest BCUT2D eigenvalue weighted by Gasteiger charge is 2.33. The van der Waals surface area contributed by atoms with Crippen molar-refractivity contribution in [1.82, 2.24) is 24.2 Å². The van der Waals surface area contributed by atoms with Gasteiger partial charge in [-0.2, -0.15) is 4.31 Å². The monoisotopic (exact) mass is 688 g/mol. The molecule has 2 aliphatic rings. The number of rotatable bonds is 13. The summed E-state index contributed by atoms with van der Waals surface area (Å²) in [5, 5.41) is 7.32. The summed E-state index contributed by atoms with van der Waals surface area (Å²) in [5.41, 5.74) is 2.25. The SMILES string of the molecule is Cc1cnc(Nc2ccc(-c3cnc(C4CCC(NC(=O)OC(C)C)CC4)s3)c(S(=O)(=O)N3CCC3)c2)n1COCC[Si](C)(C)C. The zero-order valence-electron chi connectivity index (χ0n) is 27.8. The van der Waals surface area contributed by atoms with Gasteiger partial charge in [-0.15, -0.1) is 11.3 Å². The van der Waals surface area contributed by atoms with E-state index < -0.39 is 18.1 Å². The molecule has 0 bridgehead atoms. The molecule has 5 rings (SSSR count). The molecule has 1 aromatic carbocycles. The van der Waals surface area contributed by atoms with Gasteiger partial charge in [0.25, 0.3) is 0 Å². The van der Waals surface area contributed by atoms with Crippen LogP contribution in [0.5, 0.6) is 0 Å². The van der Waals surface area contributed by atoms with Gasteiger partial charge in [0.1, 0.15) is 6.73 Å². The number of amides is 1. The van der Waals surface area contributed by atoms with Crippen molar-refractivity contribution in [2.24, 2.45) is 0 Å². The van der Waals surface area contributed by atoms with Crippen LogP contribution in [0.25, 0.3) is 10.4 Å². The van der Waals surface area contributed by atoms with Gasteiger partial charge in [-0.1, -0.05) is 25.7 Å². The first-order valence-corrected chi connectivity index (χ1v) is 22.2. The first-order valence-electron chi connectivity index (χ1n) is 16.2. The molecule has 14 heteroatoms. The molecular weight excluding hydrogens is 641 g/mol. The fourth-order valence-electron chi connectivity index (χ4n) is 5.57. The summed E-state index contributed by atoms with van der Waals surface area (Å²) < 4.78 is 42.4. The van der Waals surface area contributed by atoms with Gasteiger partial charge in [0.2, 0.25) is 16.0 Å². The van der Waals surface area contributed by atoms with Crippen LogP contribution in [-0.4, -0.2) is 73.3 Å². The van der Waals surface area contributed by atoms with Crippen LogP contribution >= 0.6 is 11.3 Å². The van der Waals surface area contributed by atoms with Gasteiger partial charge >= 0.3 is 6.09 Å². The quantitative estimate of drug-likeness (QED) is 0.146. The second-order valence-electron chi connectivity index (χ2n) is 13.8. The van der Waals surface area contributed by atoms with Crippen molar-refractivity contribution in [3.8, 4) is 10.4 Å². The van der Waals surface area contributed by atoms with Crippen molar-refractivity contribution in [3.63, 3.8) is 0 Å². The summed E-state index contributed by atoms with van der Waals surface area (Å²) >= 11 is 1.56. The fraction of sp³-hybridized carbons (Fsp3) is 0.594. The lowest BCUT2D eigenvalue weighted by Crippen LogP contribution is -2.42. The summed E-state index contributed by atoms with van der Waals surface area (Å²) in [6.07, 6.45) is 7.42. The summed E-state index contributed by atoms with van der Waals surface area (Å²) in [7, 11) is -4.91. The van der Waals surface area contributed by atoms with E-state index in [0.717, 1.165) is 53.7 Å². The van der Waals surface area contributed by atoms with Crippen LogP contribution in [0.2, 0.25) is 25.7 Å². The largest absolute Gasteiger partial charge is 0.447 e. The molecule has 1 aliphatic carbocycles. The lowest BCUT2D eigenvalue weighted by molar-refractivity contribution is 0.0873. The first kappa shape index (κ1) is 34.5. The van der Waals surface area contributed by atoms with Gasteiger partial charge in [0, 0.05) is 62.9 Å². The normalized spacial score (nSPS) is 19.2. The van der Waals surface area contributed by atoms with Gasteiger partial charge in [-0.25, -0.2) is 23.2 Å². The molecule has 0 radical (unpaired) electrons. The second kappa shape index (κ2) is 14.5. The summed E-state index contributed by atoms with van der Waals surface area (Å²) in [6, 6.07) is 6.66. The predicted molar refractivity (Wildman–Crippen MR) is 185 cm³/mol. The van der Waals surface area contributed by atoms with E-state index in [1.807, 2.05) is 37.5 Å². The number of sulfonamides is 1. The van der Waals surface area contributed by atoms with Crippen molar-refractivity contribution < 1.29 is 22.7 Å². The van der Waals surface area contributed by atoms with Gasteiger partial charge in [-0.05, 0) is 71.1 Å². The number of benzene rings is 1. The zero-order chi connectivity index (χ0) is 33.1. The molecule has 11 nitrogen and oxygen atoms in total. The summed E-state index contributed by atoms with van der Waals surface area (Å²) in [4.78, 5) is 22.4. The van der Waals surface area contributed by atoms with Crippen molar-refractivity contribution in [2.75, 3.05) is 25.0 Å². The van der Waals surface area contributed by atoms with Crippen LogP contribution in [-0.2, 0) is 26.2 Å². The number of hydrogen-bond acceptors (Lipinski definition) is 9. The average Bonchev–Trinajstić information content (AvgIpc) is 3.56. The number of imidazole rings is 1. The third-order valence-electron chi connectivity index (χ3n) is 8.47. The van der Waals surface area contributed by atoms with Crippen LogP contribution in [0.3, 0.4) is 0 Å². The number of ether oxygens (including phenoxy) is 2. The Morgan fingerprint density at radius 2 is 1.85 bits per heavy atom. The lowest BCUT2D eigenvalue weighted by atomic mass is 9.86. The Morgan fingerprint density at radius 3 is 2.50 bits per heavy atom. The Hall–Kier alpha value is -2.78. The van der Waals surface area contributed by atoms with E-state index >= 15 is 0 Å². The summed E-state index contributed by atoms with van der Waals surface area (Å²) in [5.74, 6) is 0.873. The molecule has 0 unspecified atom stereocenters. The third-order valence-corrected chi connectivity index (χ3v) is 13.3. The van der Waals surface area contributed by atoms with E-state index in [2.05, 4.69) is 35.3 Å². The van der Waals surface area contributed by atoms with Crippen LogP contribution in [0.4, 0.5) is 16.4 Å². The highest BCUT2D eigenvalue weighted by Crippen LogP contribution is 2.41. The number of aryl methyl sites for hydroxylation is 1. The first-order chi connectivity index (χ1) is 21.8. The van der Waals surface area contributed by atoms with Crippen LogP contribution in [0, 0.1) is 6.92 Å². The molecule has 0 atom stereocenters. The highest BCUT2D eigenvalue weighted by atomic mass is 32.2. The Labute approximate surface area is 278 Å². The van der Waals surface area contributed by atoms with E-state index in [-0.39, 0.29) is 29.1 Å². The molecule has 1 saturated heterocycles. The number of anilines is 2. The van der Waals surface area contributed by atoms with Crippen molar-refractivity contribution >= 4 is 47.2 Å². The molecule has 1 saturated carbocycles. The fourth-order valence-corrected chi connectivity index (χ4v) is 9.27. The molecule has 2 aromatic heterocycles. The molecule has 2 N–H and O–H groups in total. The molecule has 2 fully saturated rings. The van der Waals surface area contributed by atoms with Gasteiger partial charge < -0.3 is 20.1 Å². The minimum absolute atomic E-state index is 0.0892. The molecule has 1 aliphatic heterocycles. The Morgan fingerprint density at radius 1 is 1.11 bits per heavy atom. The Balaban J connectivity index is 1.33. The number of thiazole rings is 1. The topological polar surface area (TPSA) is 128 Å². The maximum absolute atomic E-state index is 13.8. The smallest absolute Gasteiger partial charge is 0.407 e. The lowest BCUT2D eigenvalue weighted by Gasteiger charge is -2.30. The molecule has 3 heterocycles. The number of aromatic nitrogens is 3. The number of nitrogens with one attached hydrogen (secondary N) is 2. The minimum Gasteiger partial charge on any atom is -0.447 e. The van der Waals surface area contributed by atoms with Crippen molar-refractivity contribution in [2.45, 2.75) is 108 Å². The summed E-state index contributed by atoms with van der Waals surface area (Å²) in [6.45, 7) is 14.7. The number of alkyl carbamates (subject to hydrolysis) is 1. The Bertz CT molecular complexity index is 1600. The third kappa shape index (κ3) is 8.57. The molecule has 3 aromatic rings. The zero-order valence-corrected chi connectivity index (χ0v) is 30.5. The van der Waals surface area contributed by atoms with Crippen LogP contribution < -0.4 is 10.6 Å². The van der Waals surface area contributed by atoms with E-state index in [9.17, 15) is 13.2 Å². The van der Waals surface area contributed by atoms with E-state index in [0.29, 0.717) is 43.6 Å². The number of hydrogen-bond donors (Lipinski definition) is 2. The second-order valence-corrected chi connectivity index (χ2v) is 22.4. The van der Waals surface area contributed by atoms with Crippen LogP contribution in [0.1, 0.15) is 62.6 Å². The Kier molecular flexibility index (Phi) is 10.9. The molecule has 0 spiro atoms. The maximum Gasteiger partial charge on any atom is 0.407 e. The average molecular weight is 689 g/mol. The van der Waals surface area contributed by atoms with Gasteiger partial charge in [0.15, 0.2) is 0 Å².